The van der Waals surface area contributed by atoms with Gasteiger partial charge in [-0.2, -0.15) is 5.10 Å². The van der Waals surface area contributed by atoms with Gasteiger partial charge in [-0.1, -0.05) is 11.8 Å². The molecule has 5 heteroatoms. The van der Waals surface area contributed by atoms with Crippen LogP contribution in [0.2, 0.25) is 0 Å². The second kappa shape index (κ2) is 4.11. The van der Waals surface area contributed by atoms with Crippen molar-refractivity contribution < 1.29 is 4.74 Å². The summed E-state index contributed by atoms with van der Waals surface area (Å²) in [6, 6.07) is 0. The van der Waals surface area contributed by atoms with E-state index in [0.717, 1.165) is 24.1 Å². The number of hydrogen-bond acceptors (Lipinski definition) is 4. The minimum Gasteiger partial charge on any atom is -0.381 e. The molecule has 13 heavy (non-hydrogen) atoms. The highest BCUT2D eigenvalue weighted by atomic mass is 32.2. The van der Waals surface area contributed by atoms with E-state index in [0.29, 0.717) is 5.92 Å². The fourth-order valence-corrected chi connectivity index (χ4v) is 2.33. The molecule has 72 valence electrons. The molecule has 0 aromatic carbocycles. The van der Waals surface area contributed by atoms with Gasteiger partial charge in [-0.25, -0.2) is 9.67 Å². The van der Waals surface area contributed by atoms with Gasteiger partial charge in [0.1, 0.15) is 6.33 Å². The topological polar surface area (TPSA) is 39.9 Å². The molecule has 1 aromatic rings. The number of nitrogens with zero attached hydrogens (tertiary/aromatic N) is 3. The molecule has 1 fully saturated rings. The monoisotopic (exact) mass is 199 g/mol. The van der Waals surface area contributed by atoms with Crippen molar-refractivity contribution >= 4 is 11.8 Å². The zero-order valence-corrected chi connectivity index (χ0v) is 8.46. The summed E-state index contributed by atoms with van der Waals surface area (Å²) >= 11 is 1.76. The highest BCUT2D eigenvalue weighted by molar-refractivity contribution is 7.99. The van der Waals surface area contributed by atoms with Gasteiger partial charge in [0.25, 0.3) is 0 Å². The predicted octanol–water partition coefficient (Wildman–Crippen LogP) is 0.944. The third-order valence-electron chi connectivity index (χ3n) is 2.14. The summed E-state index contributed by atoms with van der Waals surface area (Å²) in [6.07, 6.45) is 2.78. The van der Waals surface area contributed by atoms with Crippen molar-refractivity contribution in [2.75, 3.05) is 19.0 Å². The second-order valence-corrected chi connectivity index (χ2v) is 4.19. The maximum Gasteiger partial charge on any atom is 0.185 e. The summed E-state index contributed by atoms with van der Waals surface area (Å²) in [5.41, 5.74) is 0. The van der Waals surface area contributed by atoms with E-state index in [1.54, 1.807) is 22.8 Å². The molecule has 0 radical (unpaired) electrons. The summed E-state index contributed by atoms with van der Waals surface area (Å²) in [5.74, 6) is 1.79. The van der Waals surface area contributed by atoms with E-state index in [9.17, 15) is 0 Å². The summed E-state index contributed by atoms with van der Waals surface area (Å²) in [6.45, 7) is 1.83. The third-order valence-corrected chi connectivity index (χ3v) is 3.41. The van der Waals surface area contributed by atoms with Crippen molar-refractivity contribution in [1.82, 2.24) is 14.8 Å². The lowest BCUT2D eigenvalue weighted by Gasteiger charge is -2.05. The SMILES string of the molecule is Cn1ncnc1SCC1CCOC1. The summed E-state index contributed by atoms with van der Waals surface area (Å²) < 4.78 is 7.11. The Morgan fingerprint density at radius 2 is 2.69 bits per heavy atom. The van der Waals surface area contributed by atoms with Crippen LogP contribution < -0.4 is 0 Å². The summed E-state index contributed by atoms with van der Waals surface area (Å²) in [5, 5.41) is 5.01. The average molecular weight is 199 g/mol. The van der Waals surface area contributed by atoms with Crippen LogP contribution in [0.5, 0.6) is 0 Å². The van der Waals surface area contributed by atoms with E-state index in [1.165, 1.54) is 6.42 Å². The Kier molecular flexibility index (Phi) is 2.85. The van der Waals surface area contributed by atoms with Gasteiger partial charge in [0.05, 0.1) is 6.61 Å². The minimum atomic E-state index is 0.696. The Hall–Kier alpha value is -0.550. The molecule has 0 saturated carbocycles. The van der Waals surface area contributed by atoms with Crippen LogP contribution in [0.4, 0.5) is 0 Å². The largest absolute Gasteiger partial charge is 0.381 e. The van der Waals surface area contributed by atoms with Crippen molar-refractivity contribution in [1.29, 1.82) is 0 Å². The van der Waals surface area contributed by atoms with Gasteiger partial charge in [-0.3, -0.25) is 0 Å². The fraction of sp³-hybridized carbons (Fsp3) is 0.750. The summed E-state index contributed by atoms with van der Waals surface area (Å²) in [7, 11) is 1.92. The third kappa shape index (κ3) is 2.22. The molecule has 2 heterocycles. The highest BCUT2D eigenvalue weighted by Crippen LogP contribution is 2.22. The van der Waals surface area contributed by atoms with Crippen LogP contribution in [0.25, 0.3) is 0 Å². The van der Waals surface area contributed by atoms with Gasteiger partial charge in [-0.15, -0.1) is 0 Å². The molecule has 0 N–H and O–H groups in total. The quantitative estimate of drug-likeness (QED) is 0.679. The number of thioether (sulfide) groups is 1. The van der Waals surface area contributed by atoms with Crippen LogP contribution >= 0.6 is 11.8 Å². The molecule has 1 unspecified atom stereocenters. The lowest BCUT2D eigenvalue weighted by atomic mass is 10.2. The second-order valence-electron chi connectivity index (χ2n) is 3.21. The predicted molar refractivity (Wildman–Crippen MR) is 50.7 cm³/mol. The van der Waals surface area contributed by atoms with E-state index in [2.05, 4.69) is 10.1 Å². The Morgan fingerprint density at radius 1 is 1.77 bits per heavy atom. The first-order valence-corrected chi connectivity index (χ1v) is 5.39. The van der Waals surface area contributed by atoms with E-state index in [4.69, 9.17) is 4.74 Å². The van der Waals surface area contributed by atoms with Crippen molar-refractivity contribution in [3.63, 3.8) is 0 Å². The average Bonchev–Trinajstić information content (AvgIpc) is 2.72. The number of aryl methyl sites for hydroxylation is 1. The van der Waals surface area contributed by atoms with Gasteiger partial charge in [0, 0.05) is 19.4 Å². The molecule has 0 amide bonds. The smallest absolute Gasteiger partial charge is 0.185 e. The first-order chi connectivity index (χ1) is 6.36. The van der Waals surface area contributed by atoms with Crippen LogP contribution in [0.1, 0.15) is 6.42 Å². The number of rotatable bonds is 3. The molecule has 1 saturated heterocycles. The zero-order chi connectivity index (χ0) is 9.10. The van der Waals surface area contributed by atoms with E-state index >= 15 is 0 Å². The van der Waals surface area contributed by atoms with Gasteiger partial charge in [0.2, 0.25) is 0 Å². The van der Waals surface area contributed by atoms with Crippen LogP contribution in [0, 0.1) is 5.92 Å². The van der Waals surface area contributed by atoms with Gasteiger partial charge in [0.15, 0.2) is 5.16 Å². The van der Waals surface area contributed by atoms with Gasteiger partial charge in [-0.05, 0) is 12.3 Å². The Morgan fingerprint density at radius 3 is 3.31 bits per heavy atom. The maximum absolute atomic E-state index is 5.30. The molecule has 0 spiro atoms. The lowest BCUT2D eigenvalue weighted by Crippen LogP contribution is -2.03. The number of hydrogen-bond donors (Lipinski definition) is 0. The van der Waals surface area contributed by atoms with Crippen molar-refractivity contribution in [3.05, 3.63) is 6.33 Å². The molecule has 1 atom stereocenters. The van der Waals surface area contributed by atoms with Crippen molar-refractivity contribution in [2.45, 2.75) is 11.6 Å². The van der Waals surface area contributed by atoms with Crippen LogP contribution in [0.3, 0.4) is 0 Å². The molecule has 1 aliphatic heterocycles. The van der Waals surface area contributed by atoms with Crippen LogP contribution in [0.15, 0.2) is 11.5 Å². The van der Waals surface area contributed by atoms with Crippen LogP contribution in [-0.4, -0.2) is 33.7 Å². The lowest BCUT2D eigenvalue weighted by molar-refractivity contribution is 0.189. The molecular weight excluding hydrogens is 186 g/mol. The van der Waals surface area contributed by atoms with Crippen molar-refractivity contribution in [2.24, 2.45) is 13.0 Å². The molecule has 4 nitrogen and oxygen atoms in total. The summed E-state index contributed by atoms with van der Waals surface area (Å²) in [4.78, 5) is 4.15. The Bertz CT molecular complexity index is 270. The standard InChI is InChI=1S/C8H13N3OS/c1-11-8(9-6-10-11)13-5-7-2-3-12-4-7/h6-7H,2-5H2,1H3. The van der Waals surface area contributed by atoms with Gasteiger partial charge >= 0.3 is 0 Å². The van der Waals surface area contributed by atoms with Crippen molar-refractivity contribution in [3.8, 4) is 0 Å². The van der Waals surface area contributed by atoms with E-state index < -0.39 is 0 Å². The van der Waals surface area contributed by atoms with Gasteiger partial charge < -0.3 is 4.74 Å². The molecule has 1 aromatic heterocycles. The normalized spacial score (nSPS) is 22.4. The first-order valence-electron chi connectivity index (χ1n) is 4.41. The molecular formula is C8H13N3OS. The molecule has 0 bridgehead atoms. The van der Waals surface area contributed by atoms with E-state index in [-0.39, 0.29) is 0 Å². The highest BCUT2D eigenvalue weighted by Gasteiger charge is 2.16. The fourth-order valence-electron chi connectivity index (χ4n) is 1.32. The maximum atomic E-state index is 5.30. The molecule has 0 aliphatic carbocycles. The molecule has 1 aliphatic rings. The minimum absolute atomic E-state index is 0.696. The van der Waals surface area contributed by atoms with E-state index in [1.807, 2.05) is 7.05 Å². The Balaban J connectivity index is 1.82. The zero-order valence-electron chi connectivity index (χ0n) is 7.64. The first kappa shape index (κ1) is 9.02. The number of aromatic nitrogens is 3. The number of ether oxygens (including phenoxy) is 1. The Labute approximate surface area is 81.7 Å². The van der Waals surface area contributed by atoms with Crippen LogP contribution in [-0.2, 0) is 11.8 Å². The molecule has 2 rings (SSSR count).